The van der Waals surface area contributed by atoms with Crippen LogP contribution >= 0.6 is 0 Å². The van der Waals surface area contributed by atoms with E-state index in [4.69, 9.17) is 4.74 Å². The second kappa shape index (κ2) is 6.00. The van der Waals surface area contributed by atoms with Crippen molar-refractivity contribution in [3.8, 4) is 5.75 Å². The van der Waals surface area contributed by atoms with Crippen LogP contribution in [0.4, 0.5) is 5.69 Å². The van der Waals surface area contributed by atoms with Crippen molar-refractivity contribution in [2.45, 2.75) is 32.7 Å². The highest BCUT2D eigenvalue weighted by Crippen LogP contribution is 2.32. The summed E-state index contributed by atoms with van der Waals surface area (Å²) < 4.78 is 5.47. The maximum Gasteiger partial charge on any atom is 0.122 e. The lowest BCUT2D eigenvalue weighted by Crippen LogP contribution is -2.13. The first-order valence-electron chi connectivity index (χ1n) is 6.97. The van der Waals surface area contributed by atoms with Gasteiger partial charge < -0.3 is 10.1 Å². The number of hydrogen-bond donors (Lipinski definition) is 1. The number of hydrogen-bond acceptors (Lipinski definition) is 2. The summed E-state index contributed by atoms with van der Waals surface area (Å²) in [6.07, 6.45) is 0. The summed E-state index contributed by atoms with van der Waals surface area (Å²) in [6, 6.07) is 16.7. The molecule has 1 N–H and O–H groups in total. The molecule has 2 heteroatoms. The van der Waals surface area contributed by atoms with Crippen LogP contribution in [0.1, 0.15) is 31.9 Å². The van der Waals surface area contributed by atoms with E-state index in [1.807, 2.05) is 18.2 Å². The number of ether oxygens (including phenoxy) is 1. The molecule has 2 nitrogen and oxygen atoms in total. The molecule has 0 aliphatic heterocycles. The second-order valence-electron chi connectivity index (χ2n) is 6.00. The van der Waals surface area contributed by atoms with Crippen molar-refractivity contribution >= 4 is 5.69 Å². The molecular weight excluding hydrogens is 246 g/mol. The van der Waals surface area contributed by atoms with Crippen LogP contribution in [-0.4, -0.2) is 7.11 Å². The lowest BCUT2D eigenvalue weighted by atomic mass is 9.85. The SMILES string of the molecule is COc1ccc(CNc2ccccc2)cc1C(C)(C)C. The van der Waals surface area contributed by atoms with Crippen molar-refractivity contribution in [3.63, 3.8) is 0 Å². The van der Waals surface area contributed by atoms with Gasteiger partial charge in [-0.3, -0.25) is 0 Å². The molecule has 0 saturated carbocycles. The van der Waals surface area contributed by atoms with Crippen molar-refractivity contribution in [1.29, 1.82) is 0 Å². The highest BCUT2D eigenvalue weighted by molar-refractivity contribution is 5.45. The number of rotatable bonds is 4. The minimum Gasteiger partial charge on any atom is -0.496 e. The van der Waals surface area contributed by atoms with Crippen LogP contribution in [0.15, 0.2) is 48.5 Å². The zero-order valence-corrected chi connectivity index (χ0v) is 12.7. The molecule has 0 atom stereocenters. The molecule has 0 bridgehead atoms. The lowest BCUT2D eigenvalue weighted by Gasteiger charge is -2.23. The Morgan fingerprint density at radius 1 is 1.00 bits per heavy atom. The Bertz CT molecular complexity index is 555. The second-order valence-corrected chi connectivity index (χ2v) is 6.00. The number of benzene rings is 2. The maximum atomic E-state index is 5.47. The van der Waals surface area contributed by atoms with E-state index in [9.17, 15) is 0 Å². The predicted octanol–water partition coefficient (Wildman–Crippen LogP) is 4.60. The van der Waals surface area contributed by atoms with Gasteiger partial charge in [0.1, 0.15) is 5.75 Å². The van der Waals surface area contributed by atoms with E-state index in [-0.39, 0.29) is 5.41 Å². The van der Waals surface area contributed by atoms with Crippen molar-refractivity contribution in [1.82, 2.24) is 0 Å². The van der Waals surface area contributed by atoms with Gasteiger partial charge in [0.2, 0.25) is 0 Å². The van der Waals surface area contributed by atoms with Gasteiger partial charge in [0.25, 0.3) is 0 Å². The third-order valence-electron chi connectivity index (χ3n) is 3.34. The molecular formula is C18H23NO. The molecule has 0 fully saturated rings. The minimum atomic E-state index is 0.0775. The smallest absolute Gasteiger partial charge is 0.122 e. The van der Waals surface area contributed by atoms with Crippen LogP contribution < -0.4 is 10.1 Å². The molecule has 0 aromatic heterocycles. The quantitative estimate of drug-likeness (QED) is 0.875. The van der Waals surface area contributed by atoms with Crippen LogP contribution in [0.25, 0.3) is 0 Å². The minimum absolute atomic E-state index is 0.0775. The molecule has 0 heterocycles. The van der Waals surface area contributed by atoms with Crippen molar-refractivity contribution < 1.29 is 4.74 Å². The number of anilines is 1. The van der Waals surface area contributed by atoms with Gasteiger partial charge >= 0.3 is 0 Å². The Morgan fingerprint density at radius 3 is 2.30 bits per heavy atom. The Kier molecular flexibility index (Phi) is 4.33. The summed E-state index contributed by atoms with van der Waals surface area (Å²) in [7, 11) is 1.73. The largest absolute Gasteiger partial charge is 0.496 e. The number of methoxy groups -OCH3 is 1. The molecule has 0 radical (unpaired) electrons. The normalized spacial score (nSPS) is 11.2. The summed E-state index contributed by atoms with van der Waals surface area (Å²) in [4.78, 5) is 0. The van der Waals surface area contributed by atoms with Crippen molar-refractivity contribution in [3.05, 3.63) is 59.7 Å². The highest BCUT2D eigenvalue weighted by Gasteiger charge is 2.19. The van der Waals surface area contributed by atoms with Gasteiger partial charge in [-0.25, -0.2) is 0 Å². The van der Waals surface area contributed by atoms with Gasteiger partial charge in [0, 0.05) is 12.2 Å². The molecule has 2 rings (SSSR count). The summed E-state index contributed by atoms with van der Waals surface area (Å²) >= 11 is 0. The summed E-state index contributed by atoms with van der Waals surface area (Å²) in [6.45, 7) is 7.44. The first-order chi connectivity index (χ1) is 9.50. The van der Waals surface area contributed by atoms with Crippen LogP contribution in [0, 0.1) is 0 Å². The first-order valence-corrected chi connectivity index (χ1v) is 6.97. The molecule has 0 amide bonds. The van der Waals surface area contributed by atoms with E-state index >= 15 is 0 Å². The summed E-state index contributed by atoms with van der Waals surface area (Å²) in [5, 5.41) is 3.44. The predicted molar refractivity (Wildman–Crippen MR) is 85.5 cm³/mol. The van der Waals surface area contributed by atoms with E-state index in [1.165, 1.54) is 11.1 Å². The fourth-order valence-corrected chi connectivity index (χ4v) is 2.21. The molecule has 106 valence electrons. The number of para-hydroxylation sites is 1. The topological polar surface area (TPSA) is 21.3 Å². The van der Waals surface area contributed by atoms with E-state index in [2.05, 4.69) is 56.4 Å². The van der Waals surface area contributed by atoms with Gasteiger partial charge in [-0.2, -0.15) is 0 Å². The average Bonchev–Trinajstić information content (AvgIpc) is 2.45. The third-order valence-corrected chi connectivity index (χ3v) is 3.34. The molecule has 0 aliphatic rings. The average molecular weight is 269 g/mol. The Hall–Kier alpha value is -1.96. The molecule has 0 spiro atoms. The van der Waals surface area contributed by atoms with Crippen LogP contribution in [0.5, 0.6) is 5.75 Å². The van der Waals surface area contributed by atoms with Crippen molar-refractivity contribution in [2.24, 2.45) is 0 Å². The van der Waals surface area contributed by atoms with Crippen LogP contribution in [-0.2, 0) is 12.0 Å². The van der Waals surface area contributed by atoms with Crippen molar-refractivity contribution in [2.75, 3.05) is 12.4 Å². The van der Waals surface area contributed by atoms with Crippen LogP contribution in [0.3, 0.4) is 0 Å². The summed E-state index contributed by atoms with van der Waals surface area (Å²) in [5.41, 5.74) is 3.72. The molecule has 0 aliphatic carbocycles. The maximum absolute atomic E-state index is 5.47. The highest BCUT2D eigenvalue weighted by atomic mass is 16.5. The zero-order valence-electron chi connectivity index (χ0n) is 12.7. The van der Waals surface area contributed by atoms with Gasteiger partial charge in [0.15, 0.2) is 0 Å². The zero-order chi connectivity index (χ0) is 14.6. The molecule has 0 saturated heterocycles. The van der Waals surface area contributed by atoms with E-state index < -0.39 is 0 Å². The standard InChI is InChI=1S/C18H23NO/c1-18(2,3)16-12-14(10-11-17(16)20-4)13-19-15-8-6-5-7-9-15/h5-12,19H,13H2,1-4H3. The van der Waals surface area contributed by atoms with Gasteiger partial charge in [-0.05, 0) is 40.8 Å². The lowest BCUT2D eigenvalue weighted by molar-refractivity contribution is 0.397. The summed E-state index contributed by atoms with van der Waals surface area (Å²) in [5.74, 6) is 0.959. The Morgan fingerprint density at radius 2 is 1.70 bits per heavy atom. The fraction of sp³-hybridized carbons (Fsp3) is 0.333. The molecule has 0 unspecified atom stereocenters. The first kappa shape index (κ1) is 14.4. The Labute approximate surface area is 121 Å². The van der Waals surface area contributed by atoms with Gasteiger partial charge in [-0.1, -0.05) is 45.0 Å². The van der Waals surface area contributed by atoms with E-state index in [1.54, 1.807) is 7.11 Å². The van der Waals surface area contributed by atoms with Gasteiger partial charge in [-0.15, -0.1) is 0 Å². The van der Waals surface area contributed by atoms with Gasteiger partial charge in [0.05, 0.1) is 7.11 Å². The number of nitrogens with one attached hydrogen (secondary N) is 1. The monoisotopic (exact) mass is 269 g/mol. The van der Waals surface area contributed by atoms with E-state index in [0.717, 1.165) is 18.0 Å². The molecule has 2 aromatic rings. The molecule has 20 heavy (non-hydrogen) atoms. The third kappa shape index (κ3) is 3.53. The fourth-order valence-electron chi connectivity index (χ4n) is 2.21. The van der Waals surface area contributed by atoms with Crippen LogP contribution in [0.2, 0.25) is 0 Å². The Balaban J connectivity index is 2.17. The molecule has 2 aromatic carbocycles. The van der Waals surface area contributed by atoms with E-state index in [0.29, 0.717) is 0 Å².